The van der Waals surface area contributed by atoms with Crippen molar-refractivity contribution in [3.8, 4) is 0 Å². The van der Waals surface area contributed by atoms with Gasteiger partial charge in [-0.25, -0.2) is 0 Å². The number of hydrogen-bond donors (Lipinski definition) is 2. The summed E-state index contributed by atoms with van der Waals surface area (Å²) in [6, 6.07) is 0. The Kier molecular flexibility index (Phi) is 4.57. The van der Waals surface area contributed by atoms with Crippen molar-refractivity contribution in [3.05, 3.63) is 0 Å². The second kappa shape index (κ2) is 5.74. The molecule has 0 radical (unpaired) electrons. The van der Waals surface area contributed by atoms with Crippen LogP contribution in [0.2, 0.25) is 0 Å². The normalized spacial score (nSPS) is 36.8. The average Bonchev–Trinajstić information content (AvgIpc) is 2.80. The van der Waals surface area contributed by atoms with E-state index < -0.39 is 0 Å². The Morgan fingerprint density at radius 2 is 1.94 bits per heavy atom. The van der Waals surface area contributed by atoms with Crippen LogP contribution in [0.15, 0.2) is 0 Å². The predicted octanol–water partition coefficient (Wildman–Crippen LogP) is 2.54. The highest BCUT2D eigenvalue weighted by atomic mass is 32.2. The topological polar surface area (TPSA) is 46.2 Å². The zero-order valence-corrected chi connectivity index (χ0v) is 11.0. The molecule has 2 saturated carbocycles. The molecule has 0 saturated heterocycles. The maximum Gasteiger partial charge on any atom is 0.0611 e. The standard InChI is InChI=1S/C13H25NOS/c14-13(10-15)7-3-6-12(8-13)16-9-11-4-1-2-5-11/h11-12,15H,1-10,14H2. The van der Waals surface area contributed by atoms with Crippen molar-refractivity contribution in [1.29, 1.82) is 0 Å². The average molecular weight is 243 g/mol. The smallest absolute Gasteiger partial charge is 0.0611 e. The van der Waals surface area contributed by atoms with Crippen LogP contribution in [0.5, 0.6) is 0 Å². The van der Waals surface area contributed by atoms with E-state index in [2.05, 4.69) is 11.8 Å². The summed E-state index contributed by atoms with van der Waals surface area (Å²) in [6.45, 7) is 0.160. The van der Waals surface area contributed by atoms with Gasteiger partial charge in [-0.15, -0.1) is 0 Å². The first-order valence-corrected chi connectivity index (χ1v) is 7.78. The summed E-state index contributed by atoms with van der Waals surface area (Å²) in [5, 5.41) is 10.0. The quantitative estimate of drug-likeness (QED) is 0.797. The molecule has 3 heteroatoms. The van der Waals surface area contributed by atoms with Crippen molar-refractivity contribution >= 4 is 11.8 Å². The number of rotatable bonds is 4. The monoisotopic (exact) mass is 243 g/mol. The largest absolute Gasteiger partial charge is 0.394 e. The molecule has 2 aliphatic carbocycles. The van der Waals surface area contributed by atoms with Crippen molar-refractivity contribution in [1.82, 2.24) is 0 Å². The molecule has 0 aliphatic heterocycles. The van der Waals surface area contributed by atoms with Crippen molar-refractivity contribution in [3.63, 3.8) is 0 Å². The van der Waals surface area contributed by atoms with E-state index in [0.717, 1.165) is 18.8 Å². The molecule has 2 atom stereocenters. The molecule has 2 fully saturated rings. The third kappa shape index (κ3) is 3.38. The molecule has 0 aromatic carbocycles. The van der Waals surface area contributed by atoms with Crippen LogP contribution < -0.4 is 5.73 Å². The Morgan fingerprint density at radius 1 is 1.19 bits per heavy atom. The molecule has 0 aromatic rings. The predicted molar refractivity (Wildman–Crippen MR) is 70.7 cm³/mol. The first-order valence-electron chi connectivity index (χ1n) is 6.73. The third-order valence-electron chi connectivity index (χ3n) is 4.19. The molecule has 0 amide bonds. The summed E-state index contributed by atoms with van der Waals surface area (Å²) in [5.74, 6) is 2.29. The van der Waals surface area contributed by atoms with E-state index in [1.54, 1.807) is 0 Å². The Labute approximate surface area is 103 Å². The van der Waals surface area contributed by atoms with Crippen LogP contribution in [0.3, 0.4) is 0 Å². The van der Waals surface area contributed by atoms with Crippen LogP contribution >= 0.6 is 11.8 Å². The molecular formula is C13H25NOS. The fourth-order valence-electron chi connectivity index (χ4n) is 3.07. The zero-order valence-electron chi connectivity index (χ0n) is 10.2. The summed E-state index contributed by atoms with van der Waals surface area (Å²) in [5.41, 5.74) is 5.90. The lowest BCUT2D eigenvalue weighted by molar-refractivity contribution is 0.159. The van der Waals surface area contributed by atoms with Crippen LogP contribution in [0, 0.1) is 5.92 Å². The number of aliphatic hydroxyl groups excluding tert-OH is 1. The summed E-state index contributed by atoms with van der Waals surface area (Å²) in [7, 11) is 0. The van der Waals surface area contributed by atoms with Crippen LogP contribution in [0.1, 0.15) is 51.4 Å². The second-order valence-corrected chi connectivity index (χ2v) is 7.06. The van der Waals surface area contributed by atoms with E-state index in [4.69, 9.17) is 5.73 Å². The van der Waals surface area contributed by atoms with E-state index in [0.29, 0.717) is 5.25 Å². The van der Waals surface area contributed by atoms with Crippen molar-refractivity contribution < 1.29 is 5.11 Å². The van der Waals surface area contributed by atoms with E-state index in [1.807, 2.05) is 0 Å². The fraction of sp³-hybridized carbons (Fsp3) is 1.00. The minimum atomic E-state index is -0.272. The van der Waals surface area contributed by atoms with Gasteiger partial charge in [0, 0.05) is 10.8 Å². The van der Waals surface area contributed by atoms with Crippen LogP contribution in [0.4, 0.5) is 0 Å². The zero-order chi connectivity index (χ0) is 11.4. The molecule has 0 spiro atoms. The number of aliphatic hydroxyl groups is 1. The minimum absolute atomic E-state index is 0.160. The second-order valence-electron chi connectivity index (χ2n) is 5.72. The maximum atomic E-state index is 9.31. The minimum Gasteiger partial charge on any atom is -0.394 e. The van der Waals surface area contributed by atoms with Gasteiger partial charge < -0.3 is 10.8 Å². The first-order chi connectivity index (χ1) is 7.72. The summed E-state index contributed by atoms with van der Waals surface area (Å²) < 4.78 is 0. The number of nitrogens with two attached hydrogens (primary N) is 1. The van der Waals surface area contributed by atoms with Crippen LogP contribution in [0.25, 0.3) is 0 Å². The van der Waals surface area contributed by atoms with Gasteiger partial charge in [0.2, 0.25) is 0 Å². The first kappa shape index (κ1) is 12.7. The lowest BCUT2D eigenvalue weighted by Gasteiger charge is -2.36. The summed E-state index contributed by atoms with van der Waals surface area (Å²) >= 11 is 2.12. The third-order valence-corrected chi connectivity index (χ3v) is 5.73. The van der Waals surface area contributed by atoms with Crippen molar-refractivity contribution in [2.45, 2.75) is 62.2 Å². The maximum absolute atomic E-state index is 9.31. The van der Waals surface area contributed by atoms with E-state index in [1.165, 1.54) is 44.3 Å². The van der Waals surface area contributed by atoms with E-state index in [-0.39, 0.29) is 12.1 Å². The van der Waals surface area contributed by atoms with Crippen molar-refractivity contribution in [2.75, 3.05) is 12.4 Å². The molecule has 0 heterocycles. The van der Waals surface area contributed by atoms with E-state index >= 15 is 0 Å². The van der Waals surface area contributed by atoms with Gasteiger partial charge in [-0.3, -0.25) is 0 Å². The van der Waals surface area contributed by atoms with Gasteiger partial charge in [-0.2, -0.15) is 11.8 Å². The Hall–Kier alpha value is 0.270. The Balaban J connectivity index is 1.72. The summed E-state index contributed by atoms with van der Waals surface area (Å²) in [6.07, 6.45) is 10.3. The van der Waals surface area contributed by atoms with Gasteiger partial charge in [0.05, 0.1) is 6.61 Å². The molecule has 0 bridgehead atoms. The lowest BCUT2D eigenvalue weighted by Crippen LogP contribution is -2.48. The molecule has 2 aliphatic rings. The fourth-order valence-corrected chi connectivity index (χ4v) is 4.74. The molecule has 0 aromatic heterocycles. The molecule has 94 valence electrons. The SMILES string of the molecule is NC1(CO)CCCC(SCC2CCCC2)C1. The van der Waals surface area contributed by atoms with Crippen molar-refractivity contribution in [2.24, 2.45) is 11.7 Å². The molecule has 2 unspecified atom stereocenters. The van der Waals surface area contributed by atoms with E-state index in [9.17, 15) is 5.11 Å². The lowest BCUT2D eigenvalue weighted by atomic mass is 9.83. The van der Waals surface area contributed by atoms with Gasteiger partial charge in [0.15, 0.2) is 0 Å². The highest BCUT2D eigenvalue weighted by Gasteiger charge is 2.32. The van der Waals surface area contributed by atoms with Gasteiger partial charge in [0.25, 0.3) is 0 Å². The molecule has 2 nitrogen and oxygen atoms in total. The van der Waals surface area contributed by atoms with Gasteiger partial charge >= 0.3 is 0 Å². The number of thioether (sulfide) groups is 1. The summed E-state index contributed by atoms with van der Waals surface area (Å²) in [4.78, 5) is 0. The Morgan fingerprint density at radius 3 is 2.62 bits per heavy atom. The Bertz CT molecular complexity index is 218. The molecule has 3 N–H and O–H groups in total. The van der Waals surface area contributed by atoms with Gasteiger partial charge in [-0.05, 0) is 43.8 Å². The number of hydrogen-bond acceptors (Lipinski definition) is 3. The molecular weight excluding hydrogens is 218 g/mol. The van der Waals surface area contributed by atoms with Crippen LogP contribution in [-0.4, -0.2) is 28.3 Å². The molecule has 2 rings (SSSR count). The van der Waals surface area contributed by atoms with Gasteiger partial charge in [-0.1, -0.05) is 19.3 Å². The highest BCUT2D eigenvalue weighted by Crippen LogP contribution is 2.36. The van der Waals surface area contributed by atoms with Gasteiger partial charge in [0.1, 0.15) is 0 Å². The van der Waals surface area contributed by atoms with Crippen LogP contribution in [-0.2, 0) is 0 Å². The molecule has 16 heavy (non-hydrogen) atoms. The highest BCUT2D eigenvalue weighted by molar-refractivity contribution is 7.99.